The number of amides is 2. The Balaban J connectivity index is 1.12. The summed E-state index contributed by atoms with van der Waals surface area (Å²) in [7, 11) is 0. The number of hydrogen-bond acceptors (Lipinski definition) is 5. The summed E-state index contributed by atoms with van der Waals surface area (Å²) in [6.07, 6.45) is 19.5. The van der Waals surface area contributed by atoms with E-state index in [0.717, 1.165) is 36.2 Å². The molecule has 2 atom stereocenters. The lowest BCUT2D eigenvalue weighted by Crippen LogP contribution is -2.23. The van der Waals surface area contributed by atoms with Gasteiger partial charge in [0.1, 0.15) is 0 Å². The lowest BCUT2D eigenvalue weighted by atomic mass is 9.92. The smallest absolute Gasteiger partial charge is 0.271 e. The molecule has 2 unspecified atom stereocenters. The third kappa shape index (κ3) is 6.71. The van der Waals surface area contributed by atoms with Crippen LogP contribution in [0.4, 0.5) is 5.69 Å². The summed E-state index contributed by atoms with van der Waals surface area (Å²) in [5.74, 6) is -0.362. The van der Waals surface area contributed by atoms with Crippen molar-refractivity contribution < 1.29 is 9.59 Å². The molecule has 0 radical (unpaired) electrons. The summed E-state index contributed by atoms with van der Waals surface area (Å²) in [4.78, 5) is 27.3. The number of carbonyl (C=O) groups is 2. The minimum Gasteiger partial charge on any atom is -0.348 e. The van der Waals surface area contributed by atoms with Crippen molar-refractivity contribution in [3.05, 3.63) is 126 Å². The summed E-state index contributed by atoms with van der Waals surface area (Å²) in [6.45, 7) is 3.07. The van der Waals surface area contributed by atoms with E-state index >= 15 is 0 Å². The van der Waals surface area contributed by atoms with E-state index in [1.165, 1.54) is 0 Å². The van der Waals surface area contributed by atoms with Crippen molar-refractivity contribution in [2.75, 3.05) is 11.4 Å². The van der Waals surface area contributed by atoms with Crippen molar-refractivity contribution in [2.45, 2.75) is 25.8 Å². The number of anilines is 1. The molecule has 1 aliphatic carbocycles. The van der Waals surface area contributed by atoms with Crippen molar-refractivity contribution in [3.63, 3.8) is 0 Å². The number of nitrogens with one attached hydrogen (secondary N) is 2. The van der Waals surface area contributed by atoms with Gasteiger partial charge in [0.05, 0.1) is 18.5 Å². The fourth-order valence-electron chi connectivity index (χ4n) is 4.74. The van der Waals surface area contributed by atoms with Crippen LogP contribution in [0.25, 0.3) is 0 Å². The Kier molecular flexibility index (Phi) is 8.46. The Morgan fingerprint density at radius 2 is 1.62 bits per heavy atom. The second-order valence-electron chi connectivity index (χ2n) is 9.80. The van der Waals surface area contributed by atoms with Gasteiger partial charge in [-0.2, -0.15) is 10.2 Å². The van der Waals surface area contributed by atoms with Crippen LogP contribution in [0.15, 0.2) is 119 Å². The third-order valence-corrected chi connectivity index (χ3v) is 6.87. The van der Waals surface area contributed by atoms with Gasteiger partial charge in [0, 0.05) is 42.0 Å². The van der Waals surface area contributed by atoms with Gasteiger partial charge >= 0.3 is 0 Å². The van der Waals surface area contributed by atoms with Gasteiger partial charge < -0.3 is 9.47 Å². The number of hydrazone groups is 2. The second-order valence-corrected chi connectivity index (χ2v) is 9.80. The molecule has 2 heterocycles. The number of aromatic nitrogens is 1. The predicted molar refractivity (Wildman–Crippen MR) is 159 cm³/mol. The number of benzene rings is 2. The molecule has 2 amide bonds. The van der Waals surface area contributed by atoms with Crippen molar-refractivity contribution in [1.82, 2.24) is 15.4 Å². The standard InChI is InChI=1S/C32H32N6O2/c1-24-20-28(12-15-30(24)38-18-5-6-19-38)32(40)36-34-23-26-9-7-8-25(21-26)22-33-35-31(39)27-10-13-29(14-11-27)37-16-3-2-4-17-37/h3,5-16,18-24,30H,2,4,17H2,1H3,(H,35,39)(H,36,40). The fraction of sp³-hybridized carbons (Fsp3) is 0.188. The molecule has 40 heavy (non-hydrogen) atoms. The normalized spacial score (nSPS) is 18.7. The minimum absolute atomic E-state index is 0.176. The minimum atomic E-state index is -0.280. The molecular weight excluding hydrogens is 500 g/mol. The summed E-state index contributed by atoms with van der Waals surface area (Å²) >= 11 is 0. The summed E-state index contributed by atoms with van der Waals surface area (Å²) < 4.78 is 2.12. The van der Waals surface area contributed by atoms with Crippen LogP contribution < -0.4 is 15.8 Å². The van der Waals surface area contributed by atoms with E-state index in [0.29, 0.717) is 11.1 Å². The highest BCUT2D eigenvalue weighted by molar-refractivity contribution is 5.97. The topological polar surface area (TPSA) is 91.1 Å². The maximum absolute atomic E-state index is 12.6. The Hall–Kier alpha value is -4.98. The highest BCUT2D eigenvalue weighted by Crippen LogP contribution is 2.27. The third-order valence-electron chi connectivity index (χ3n) is 6.87. The van der Waals surface area contributed by atoms with Crippen molar-refractivity contribution in [2.24, 2.45) is 16.1 Å². The number of nitrogens with zero attached hydrogens (tertiary/aromatic N) is 4. The number of carbonyl (C=O) groups excluding carboxylic acids is 2. The average Bonchev–Trinajstić information content (AvgIpc) is 3.53. The lowest BCUT2D eigenvalue weighted by molar-refractivity contribution is -0.117. The predicted octanol–water partition coefficient (Wildman–Crippen LogP) is 5.19. The van der Waals surface area contributed by atoms with Crippen LogP contribution in [0.2, 0.25) is 0 Å². The zero-order valence-electron chi connectivity index (χ0n) is 22.4. The van der Waals surface area contributed by atoms with Crippen LogP contribution in [0.3, 0.4) is 0 Å². The Bertz CT molecular complexity index is 1480. The van der Waals surface area contributed by atoms with E-state index in [9.17, 15) is 9.59 Å². The molecule has 2 aliphatic rings. The SMILES string of the molecule is CC1C=C(C(=O)NN=Cc2cccc(C=NNC(=O)c3ccc(N4C=CCCC4)cc3)c2)C=CC1n1cccc1. The molecule has 0 saturated heterocycles. The molecule has 5 rings (SSSR count). The molecule has 202 valence electrons. The molecule has 2 aromatic carbocycles. The first-order valence-corrected chi connectivity index (χ1v) is 13.4. The quantitative estimate of drug-likeness (QED) is 0.309. The Labute approximate surface area is 234 Å². The first-order valence-electron chi connectivity index (χ1n) is 13.4. The lowest BCUT2D eigenvalue weighted by Gasteiger charge is -2.24. The van der Waals surface area contributed by atoms with Gasteiger partial charge in [-0.1, -0.05) is 49.4 Å². The molecule has 0 spiro atoms. The monoisotopic (exact) mass is 532 g/mol. The van der Waals surface area contributed by atoms with E-state index in [1.54, 1.807) is 24.6 Å². The first-order chi connectivity index (χ1) is 19.6. The van der Waals surface area contributed by atoms with Crippen LogP contribution in [0.5, 0.6) is 0 Å². The van der Waals surface area contributed by atoms with Gasteiger partial charge in [0.2, 0.25) is 0 Å². The van der Waals surface area contributed by atoms with Crippen LogP contribution in [0.1, 0.15) is 47.3 Å². The number of rotatable bonds is 8. The van der Waals surface area contributed by atoms with E-state index in [2.05, 4.69) is 49.7 Å². The molecule has 8 nitrogen and oxygen atoms in total. The van der Waals surface area contributed by atoms with E-state index in [-0.39, 0.29) is 23.8 Å². The second kappa shape index (κ2) is 12.7. The van der Waals surface area contributed by atoms with E-state index in [1.807, 2.05) is 79.2 Å². The fourth-order valence-corrected chi connectivity index (χ4v) is 4.74. The average molecular weight is 533 g/mol. The van der Waals surface area contributed by atoms with Gasteiger partial charge in [0.25, 0.3) is 11.8 Å². The summed E-state index contributed by atoms with van der Waals surface area (Å²) in [5, 5.41) is 8.21. The summed E-state index contributed by atoms with van der Waals surface area (Å²) in [6, 6.07) is 19.1. The van der Waals surface area contributed by atoms with E-state index < -0.39 is 0 Å². The largest absolute Gasteiger partial charge is 0.348 e. The molecule has 2 N–H and O–H groups in total. The first kappa shape index (κ1) is 26.6. The highest BCUT2D eigenvalue weighted by Gasteiger charge is 2.20. The molecular formula is C32H32N6O2. The highest BCUT2D eigenvalue weighted by atomic mass is 16.2. The molecule has 1 aromatic heterocycles. The van der Waals surface area contributed by atoms with Gasteiger partial charge in [-0.15, -0.1) is 0 Å². The molecule has 1 aliphatic heterocycles. The van der Waals surface area contributed by atoms with Crippen molar-refractivity contribution in [1.29, 1.82) is 0 Å². The molecule has 8 heteroatoms. The van der Waals surface area contributed by atoms with Crippen LogP contribution in [-0.2, 0) is 4.79 Å². The maximum Gasteiger partial charge on any atom is 0.271 e. The van der Waals surface area contributed by atoms with Gasteiger partial charge in [-0.25, -0.2) is 10.9 Å². The van der Waals surface area contributed by atoms with Gasteiger partial charge in [0.15, 0.2) is 0 Å². The van der Waals surface area contributed by atoms with Gasteiger partial charge in [-0.05, 0) is 72.4 Å². The van der Waals surface area contributed by atoms with Crippen molar-refractivity contribution in [3.8, 4) is 0 Å². The molecule has 0 fully saturated rings. The molecule has 0 bridgehead atoms. The Morgan fingerprint density at radius 1 is 0.925 bits per heavy atom. The van der Waals surface area contributed by atoms with Crippen LogP contribution in [-0.4, -0.2) is 35.4 Å². The number of allylic oxidation sites excluding steroid dienone is 3. The summed E-state index contributed by atoms with van der Waals surface area (Å²) in [5.41, 5.74) is 8.93. The zero-order chi connectivity index (χ0) is 27.7. The maximum atomic E-state index is 12.6. The van der Waals surface area contributed by atoms with E-state index in [4.69, 9.17) is 0 Å². The molecule has 3 aromatic rings. The number of hydrogen-bond donors (Lipinski definition) is 2. The van der Waals surface area contributed by atoms with Crippen LogP contribution >= 0.6 is 0 Å². The zero-order valence-corrected chi connectivity index (χ0v) is 22.4. The van der Waals surface area contributed by atoms with Gasteiger partial charge in [-0.3, -0.25) is 9.59 Å². The van der Waals surface area contributed by atoms with Crippen LogP contribution in [0, 0.1) is 5.92 Å². The van der Waals surface area contributed by atoms with Crippen molar-refractivity contribution >= 4 is 29.9 Å². The molecule has 0 saturated carbocycles. The Morgan fingerprint density at radius 3 is 2.27 bits per heavy atom.